The van der Waals surface area contributed by atoms with Gasteiger partial charge >= 0.3 is 27.5 Å². The summed E-state index contributed by atoms with van der Waals surface area (Å²) in [5, 5.41) is -6.02. The molecule has 0 fully saturated rings. The van der Waals surface area contributed by atoms with Crippen molar-refractivity contribution < 1.29 is 48.1 Å². The molecule has 1 unspecified atom stereocenters. The molecule has 0 spiro atoms. The Balaban J connectivity index is 0.000000941. The lowest BCUT2D eigenvalue weighted by Crippen LogP contribution is -2.52. The molecule has 13 heteroatoms. The minimum atomic E-state index is -6.53. The summed E-state index contributed by atoms with van der Waals surface area (Å²) in [7, 11) is -6.53. The third-order valence-corrected chi connectivity index (χ3v) is 4.01. The Morgan fingerprint density at radius 2 is 1.41 bits per heavy atom. The molecule has 0 saturated carbocycles. The van der Waals surface area contributed by atoms with Crippen molar-refractivity contribution in [2.45, 2.75) is 55.6 Å². The van der Waals surface area contributed by atoms with E-state index in [9.17, 15) is 43.5 Å². The van der Waals surface area contributed by atoms with Crippen LogP contribution in [0.3, 0.4) is 0 Å². The fourth-order valence-corrected chi connectivity index (χ4v) is 2.15. The Morgan fingerprint density at radius 3 is 1.74 bits per heavy atom. The molecule has 0 radical (unpaired) electrons. The second-order valence-corrected chi connectivity index (χ2v) is 6.78. The number of rotatable bonds is 8. The number of hydrogen-bond donors (Lipinski definition) is 1. The SMILES string of the molecule is O=S(=O)(O)C(F)(F)C(F)(F)C(F)CCCCCC(F)(F)F.c1ccncc1. The van der Waals surface area contributed by atoms with E-state index in [0.29, 0.717) is 0 Å². The molecule has 0 saturated heterocycles. The van der Waals surface area contributed by atoms with E-state index in [1.54, 1.807) is 12.4 Å². The lowest BCUT2D eigenvalue weighted by Gasteiger charge is -2.26. The molecule has 0 bridgehead atoms. The summed E-state index contributed by atoms with van der Waals surface area (Å²) in [4.78, 5) is 3.78. The maximum absolute atomic E-state index is 13.0. The van der Waals surface area contributed by atoms with Gasteiger partial charge in [-0.05, 0) is 25.0 Å². The van der Waals surface area contributed by atoms with Gasteiger partial charge in [0.1, 0.15) is 0 Å². The van der Waals surface area contributed by atoms with Gasteiger partial charge in [-0.2, -0.15) is 39.2 Å². The van der Waals surface area contributed by atoms with Crippen LogP contribution in [0, 0.1) is 0 Å². The molecule has 1 rings (SSSR count). The van der Waals surface area contributed by atoms with Crippen LogP contribution in [0.15, 0.2) is 30.6 Å². The molecule has 1 aromatic rings. The quantitative estimate of drug-likeness (QED) is 0.356. The fourth-order valence-electron chi connectivity index (χ4n) is 1.67. The highest BCUT2D eigenvalue weighted by molar-refractivity contribution is 7.87. The van der Waals surface area contributed by atoms with Gasteiger partial charge in [0.15, 0.2) is 6.17 Å². The van der Waals surface area contributed by atoms with E-state index in [1.165, 1.54) is 0 Å². The van der Waals surface area contributed by atoms with Crippen LogP contribution in [-0.2, 0) is 10.1 Å². The average Bonchev–Trinajstić information content (AvgIpc) is 2.54. The molecule has 1 N–H and O–H groups in total. The summed E-state index contributed by atoms with van der Waals surface area (Å²) in [6, 6.07) is 5.72. The average molecular weight is 431 g/mol. The van der Waals surface area contributed by atoms with Crippen molar-refractivity contribution >= 4 is 10.1 Å². The van der Waals surface area contributed by atoms with Gasteiger partial charge < -0.3 is 0 Å². The summed E-state index contributed by atoms with van der Waals surface area (Å²) in [6.07, 6.45) is -8.53. The number of alkyl halides is 8. The van der Waals surface area contributed by atoms with E-state index >= 15 is 0 Å². The predicted octanol–water partition coefficient (Wildman–Crippen LogP) is 5.03. The van der Waals surface area contributed by atoms with Crippen molar-refractivity contribution in [1.82, 2.24) is 4.98 Å². The van der Waals surface area contributed by atoms with Crippen LogP contribution in [0.1, 0.15) is 32.1 Å². The third-order valence-electron chi connectivity index (χ3n) is 3.09. The Hall–Kier alpha value is -1.50. The van der Waals surface area contributed by atoms with Gasteiger partial charge in [0.05, 0.1) is 0 Å². The minimum absolute atomic E-state index is 0.354. The van der Waals surface area contributed by atoms with Crippen LogP contribution in [-0.4, -0.2) is 41.5 Å². The number of aromatic nitrogens is 1. The molecular formula is C14H17F8NO3S. The van der Waals surface area contributed by atoms with Crippen molar-refractivity contribution in [2.24, 2.45) is 0 Å². The van der Waals surface area contributed by atoms with Crippen molar-refractivity contribution in [3.05, 3.63) is 30.6 Å². The summed E-state index contributed by atoms with van der Waals surface area (Å²) >= 11 is 0. The first kappa shape index (κ1) is 25.5. The molecule has 1 heterocycles. The van der Waals surface area contributed by atoms with Crippen molar-refractivity contribution in [1.29, 1.82) is 0 Å². The van der Waals surface area contributed by atoms with Gasteiger partial charge in [-0.15, -0.1) is 0 Å². The van der Waals surface area contributed by atoms with E-state index in [-0.39, 0.29) is 6.42 Å². The normalized spacial score (nSPS) is 14.3. The van der Waals surface area contributed by atoms with Crippen molar-refractivity contribution in [3.8, 4) is 0 Å². The van der Waals surface area contributed by atoms with Crippen LogP contribution < -0.4 is 0 Å². The predicted molar refractivity (Wildman–Crippen MR) is 79.7 cm³/mol. The number of hydrogen-bond acceptors (Lipinski definition) is 3. The lowest BCUT2D eigenvalue weighted by atomic mass is 10.1. The largest absolute Gasteiger partial charge is 0.434 e. The van der Waals surface area contributed by atoms with Crippen LogP contribution in [0.5, 0.6) is 0 Å². The third kappa shape index (κ3) is 8.82. The minimum Gasteiger partial charge on any atom is -0.281 e. The highest BCUT2D eigenvalue weighted by Crippen LogP contribution is 2.43. The molecule has 0 aromatic carbocycles. The van der Waals surface area contributed by atoms with E-state index in [2.05, 4.69) is 4.98 Å². The Kier molecular flexibility index (Phi) is 9.59. The molecule has 27 heavy (non-hydrogen) atoms. The maximum atomic E-state index is 13.0. The Morgan fingerprint density at radius 1 is 0.889 bits per heavy atom. The van der Waals surface area contributed by atoms with Crippen LogP contribution >= 0.6 is 0 Å². The fraction of sp³-hybridized carbons (Fsp3) is 0.643. The summed E-state index contributed by atoms with van der Waals surface area (Å²) < 4.78 is 128. The molecule has 1 atom stereocenters. The van der Waals surface area contributed by atoms with Crippen molar-refractivity contribution in [2.75, 3.05) is 0 Å². The zero-order valence-electron chi connectivity index (χ0n) is 13.6. The Labute approximate surface area is 150 Å². The highest BCUT2D eigenvalue weighted by atomic mass is 32.2. The number of pyridine rings is 1. The Bertz CT molecular complexity index is 611. The summed E-state index contributed by atoms with van der Waals surface area (Å²) in [5.41, 5.74) is 0. The molecule has 0 amide bonds. The van der Waals surface area contributed by atoms with Crippen LogP contribution in [0.25, 0.3) is 0 Å². The second-order valence-electron chi connectivity index (χ2n) is 5.32. The lowest BCUT2D eigenvalue weighted by molar-refractivity contribution is -0.198. The van der Waals surface area contributed by atoms with Crippen LogP contribution in [0.2, 0.25) is 0 Å². The molecule has 0 aliphatic rings. The van der Waals surface area contributed by atoms with E-state index in [1.807, 2.05) is 18.2 Å². The van der Waals surface area contributed by atoms with Gasteiger partial charge in [-0.3, -0.25) is 9.54 Å². The molecule has 4 nitrogen and oxygen atoms in total. The van der Waals surface area contributed by atoms with Gasteiger partial charge in [0.25, 0.3) is 0 Å². The molecular weight excluding hydrogens is 414 g/mol. The zero-order chi connectivity index (χ0) is 21.4. The van der Waals surface area contributed by atoms with Gasteiger partial charge in [-0.25, -0.2) is 4.39 Å². The van der Waals surface area contributed by atoms with E-state index in [0.717, 1.165) is 0 Å². The van der Waals surface area contributed by atoms with Crippen LogP contribution in [0.4, 0.5) is 35.1 Å². The molecule has 0 aliphatic heterocycles. The summed E-state index contributed by atoms with van der Waals surface area (Å²) in [6.45, 7) is 0. The highest BCUT2D eigenvalue weighted by Gasteiger charge is 2.69. The van der Waals surface area contributed by atoms with E-state index < -0.39 is 59.3 Å². The van der Waals surface area contributed by atoms with Crippen molar-refractivity contribution in [3.63, 3.8) is 0 Å². The standard InChI is InChI=1S/C9H12F8O3S.C5H5N/c10-6(4-2-1-3-5-7(11,12)13)8(14,15)9(16,17)21(18,19)20;1-2-4-6-5-3-1/h6H,1-5H2,(H,18,19,20);1-5H. The molecule has 1 aromatic heterocycles. The maximum Gasteiger partial charge on any atom is 0.434 e. The zero-order valence-corrected chi connectivity index (χ0v) is 14.5. The van der Waals surface area contributed by atoms with Gasteiger partial charge in [0, 0.05) is 18.8 Å². The first-order valence-electron chi connectivity index (χ1n) is 7.41. The van der Waals surface area contributed by atoms with Gasteiger partial charge in [-0.1, -0.05) is 18.9 Å². The topological polar surface area (TPSA) is 67.3 Å². The molecule has 158 valence electrons. The summed E-state index contributed by atoms with van der Waals surface area (Å²) in [5.74, 6) is -5.69. The van der Waals surface area contributed by atoms with Gasteiger partial charge in [0.2, 0.25) is 0 Å². The number of halogens is 8. The smallest absolute Gasteiger partial charge is 0.281 e. The van der Waals surface area contributed by atoms with E-state index in [4.69, 9.17) is 4.55 Å². The monoisotopic (exact) mass is 431 g/mol. The first-order valence-corrected chi connectivity index (χ1v) is 8.85. The second kappa shape index (κ2) is 10.2. The molecule has 0 aliphatic carbocycles. The first-order chi connectivity index (χ1) is 12.1. The number of nitrogens with zero attached hydrogens (tertiary/aromatic N) is 1. The number of unbranched alkanes of at least 4 members (excludes halogenated alkanes) is 2.